The molecule has 43 heavy (non-hydrogen) atoms. The van der Waals surface area contributed by atoms with Crippen LogP contribution in [0.2, 0.25) is 0 Å². The minimum absolute atomic E-state index is 0.0994. The third kappa shape index (κ3) is 6.22. The number of carbonyl (C=O) groups excluding carboxylic acids is 2. The SMILES string of the molecule is CC1=C([C@H](O)CC/C(=C/c2cc(Br)ccc2O)c2ccccn2)[C@H](CO)[C@@H]2C(=O)N(c3cccc(B(O)O)c3)C(=O)[C@@H]2C1. The van der Waals surface area contributed by atoms with Crippen LogP contribution in [0.3, 0.4) is 0 Å². The summed E-state index contributed by atoms with van der Waals surface area (Å²) < 4.78 is 0.796. The molecule has 5 rings (SSSR count). The molecule has 3 aromatic rings. The summed E-state index contributed by atoms with van der Waals surface area (Å²) in [6, 6.07) is 16.6. The largest absolute Gasteiger partial charge is 0.507 e. The van der Waals surface area contributed by atoms with E-state index < -0.39 is 49.4 Å². The van der Waals surface area contributed by atoms with E-state index in [1.165, 1.54) is 18.2 Å². The van der Waals surface area contributed by atoms with Crippen LogP contribution in [0.1, 0.15) is 37.4 Å². The van der Waals surface area contributed by atoms with E-state index in [1.807, 2.05) is 25.1 Å². The van der Waals surface area contributed by atoms with Crippen LogP contribution in [-0.2, 0) is 9.59 Å². The maximum absolute atomic E-state index is 13.7. The monoisotopic (exact) mass is 646 g/mol. The summed E-state index contributed by atoms with van der Waals surface area (Å²) in [4.78, 5) is 32.7. The first kappa shape index (κ1) is 30.8. The Balaban J connectivity index is 1.41. The van der Waals surface area contributed by atoms with E-state index >= 15 is 0 Å². The number of carbonyl (C=O) groups is 2. The number of hydrogen-bond donors (Lipinski definition) is 5. The summed E-state index contributed by atoms with van der Waals surface area (Å²) in [5.74, 6) is -3.14. The molecule has 0 unspecified atom stereocenters. The van der Waals surface area contributed by atoms with E-state index in [0.717, 1.165) is 20.5 Å². The lowest BCUT2D eigenvalue weighted by molar-refractivity contribution is -0.123. The van der Waals surface area contributed by atoms with Crippen molar-refractivity contribution in [3.63, 3.8) is 0 Å². The second-order valence-electron chi connectivity index (χ2n) is 11.0. The molecule has 0 radical (unpaired) electrons. The summed E-state index contributed by atoms with van der Waals surface area (Å²) >= 11 is 3.44. The van der Waals surface area contributed by atoms with Gasteiger partial charge in [-0.25, -0.2) is 0 Å². The van der Waals surface area contributed by atoms with Gasteiger partial charge in [0.05, 0.1) is 35.9 Å². The lowest BCUT2D eigenvalue weighted by atomic mass is 9.68. The van der Waals surface area contributed by atoms with E-state index in [2.05, 4.69) is 20.9 Å². The molecule has 1 aliphatic carbocycles. The number of anilines is 1. The second kappa shape index (κ2) is 12.9. The number of rotatable bonds is 9. The van der Waals surface area contributed by atoms with E-state index in [4.69, 9.17) is 0 Å². The molecule has 0 bridgehead atoms. The number of aromatic hydroxyl groups is 1. The zero-order valence-electron chi connectivity index (χ0n) is 23.5. The number of pyridine rings is 1. The highest BCUT2D eigenvalue weighted by atomic mass is 79.9. The van der Waals surface area contributed by atoms with Gasteiger partial charge in [-0.1, -0.05) is 39.7 Å². The van der Waals surface area contributed by atoms with Crippen molar-refractivity contribution in [1.82, 2.24) is 4.98 Å². The van der Waals surface area contributed by atoms with Crippen LogP contribution in [0.4, 0.5) is 5.69 Å². The number of nitrogens with zero attached hydrogens (tertiary/aromatic N) is 2. The van der Waals surface area contributed by atoms with Gasteiger partial charge < -0.3 is 25.4 Å². The Bertz CT molecular complexity index is 1590. The number of fused-ring (bicyclic) bond motifs is 1. The average molecular weight is 647 g/mol. The van der Waals surface area contributed by atoms with E-state index in [0.29, 0.717) is 23.3 Å². The van der Waals surface area contributed by atoms with Crippen molar-refractivity contribution in [2.45, 2.75) is 32.3 Å². The maximum atomic E-state index is 13.7. The number of halogens is 1. The molecule has 2 aromatic carbocycles. The van der Waals surface area contributed by atoms with Gasteiger partial charge in [-0.15, -0.1) is 0 Å². The Morgan fingerprint density at radius 3 is 2.60 bits per heavy atom. The molecule has 9 nitrogen and oxygen atoms in total. The average Bonchev–Trinajstić information content (AvgIpc) is 3.25. The van der Waals surface area contributed by atoms with Crippen molar-refractivity contribution in [3.8, 4) is 5.75 Å². The number of phenols is 1. The summed E-state index contributed by atoms with van der Waals surface area (Å²) in [5.41, 5.74) is 3.73. The van der Waals surface area contributed by atoms with Crippen molar-refractivity contribution in [1.29, 1.82) is 0 Å². The predicted octanol–water partition coefficient (Wildman–Crippen LogP) is 3.05. The zero-order chi connectivity index (χ0) is 30.8. The Morgan fingerprint density at radius 2 is 1.91 bits per heavy atom. The van der Waals surface area contributed by atoms with Gasteiger partial charge in [-0.05, 0) is 91.3 Å². The molecule has 5 N–H and O–H groups in total. The summed E-state index contributed by atoms with van der Waals surface area (Å²) in [6.07, 6.45) is 3.37. The van der Waals surface area contributed by atoms with Crippen LogP contribution in [0.15, 0.2) is 82.5 Å². The van der Waals surface area contributed by atoms with Gasteiger partial charge in [-0.2, -0.15) is 0 Å². The number of allylic oxidation sites excluding steroid dienone is 2. The first-order valence-electron chi connectivity index (χ1n) is 14.0. The molecule has 222 valence electrons. The lowest BCUT2D eigenvalue weighted by Gasteiger charge is -2.35. The number of imide groups is 1. The fourth-order valence-electron chi connectivity index (χ4n) is 6.30. The van der Waals surface area contributed by atoms with Gasteiger partial charge in [0.25, 0.3) is 0 Å². The molecule has 0 spiro atoms. The highest BCUT2D eigenvalue weighted by Crippen LogP contribution is 2.47. The number of hydrogen-bond acceptors (Lipinski definition) is 8. The molecule has 1 saturated heterocycles. The molecule has 2 heterocycles. The molecule has 4 atom stereocenters. The molecule has 1 aliphatic heterocycles. The van der Waals surface area contributed by atoms with Crippen LogP contribution in [0, 0.1) is 17.8 Å². The van der Waals surface area contributed by atoms with Gasteiger partial charge in [-0.3, -0.25) is 19.5 Å². The van der Waals surface area contributed by atoms with Crippen LogP contribution in [-0.4, -0.2) is 62.0 Å². The molecule has 11 heteroatoms. The molecular weight excluding hydrogens is 615 g/mol. The Morgan fingerprint density at radius 1 is 1.12 bits per heavy atom. The minimum Gasteiger partial charge on any atom is -0.507 e. The third-order valence-corrected chi connectivity index (χ3v) is 8.80. The van der Waals surface area contributed by atoms with Gasteiger partial charge >= 0.3 is 7.12 Å². The smallest absolute Gasteiger partial charge is 0.488 e. The van der Waals surface area contributed by atoms with Crippen molar-refractivity contribution in [2.75, 3.05) is 11.5 Å². The fourth-order valence-corrected chi connectivity index (χ4v) is 6.68. The highest BCUT2D eigenvalue weighted by molar-refractivity contribution is 9.10. The fraction of sp³-hybridized carbons (Fsp3) is 0.281. The number of aromatic nitrogens is 1. The molecular formula is C32H32BBrN2O7. The number of aliphatic hydroxyl groups excluding tert-OH is 2. The zero-order valence-corrected chi connectivity index (χ0v) is 25.1. The molecule has 0 saturated carbocycles. The topological polar surface area (TPSA) is 151 Å². The minimum atomic E-state index is -1.76. The van der Waals surface area contributed by atoms with E-state index in [-0.39, 0.29) is 29.7 Å². The van der Waals surface area contributed by atoms with Crippen molar-refractivity contribution in [3.05, 3.63) is 93.7 Å². The van der Waals surface area contributed by atoms with E-state index in [9.17, 15) is 35.0 Å². The maximum Gasteiger partial charge on any atom is 0.488 e. The van der Waals surface area contributed by atoms with Gasteiger partial charge in [0.2, 0.25) is 11.8 Å². The summed E-state index contributed by atoms with van der Waals surface area (Å²) in [6.45, 7) is 1.39. The van der Waals surface area contributed by atoms with Crippen molar-refractivity contribution in [2.24, 2.45) is 17.8 Å². The van der Waals surface area contributed by atoms with Crippen LogP contribution < -0.4 is 10.4 Å². The molecule has 2 aliphatic rings. The van der Waals surface area contributed by atoms with Gasteiger partial charge in [0.1, 0.15) is 5.75 Å². The Labute approximate surface area is 258 Å². The highest BCUT2D eigenvalue weighted by Gasteiger charge is 2.54. The van der Waals surface area contributed by atoms with E-state index in [1.54, 1.807) is 36.5 Å². The van der Waals surface area contributed by atoms with Crippen molar-refractivity contribution >= 4 is 57.7 Å². The van der Waals surface area contributed by atoms with Gasteiger partial charge in [0.15, 0.2) is 0 Å². The summed E-state index contributed by atoms with van der Waals surface area (Å²) in [7, 11) is -1.76. The Kier molecular flexibility index (Phi) is 9.29. The standard InChI is InChI=1S/C32H32BBrN2O7/c1-18-13-24-30(32(41)36(31(24)40)23-6-4-5-21(16-23)33(42)43)25(17-37)29(18)28(39)10-8-19(26-7-2-3-12-35-26)14-20-15-22(34)9-11-27(20)38/h2-7,9,11-12,14-16,24-25,28,30,37-39,42-43H,8,10,13,17H2,1H3/b19-14-/t24-,25+,28-,30-/m1/s1. The van der Waals surface area contributed by atoms with Crippen molar-refractivity contribution < 1.29 is 35.0 Å². The quantitative estimate of drug-likeness (QED) is 0.135. The Hall–Kier alpha value is -3.61. The molecule has 2 amide bonds. The first-order valence-corrected chi connectivity index (χ1v) is 14.8. The first-order chi connectivity index (χ1) is 20.6. The number of phenolic OH excluding ortho intramolecular Hbond substituents is 1. The van der Waals surface area contributed by atoms with Crippen LogP contribution in [0.5, 0.6) is 5.75 Å². The number of benzene rings is 2. The second-order valence-corrected chi connectivity index (χ2v) is 11.9. The number of aliphatic hydroxyl groups is 2. The predicted molar refractivity (Wildman–Crippen MR) is 167 cm³/mol. The third-order valence-electron chi connectivity index (χ3n) is 8.31. The number of amides is 2. The summed E-state index contributed by atoms with van der Waals surface area (Å²) in [5, 5.41) is 51.6. The lowest BCUT2D eigenvalue weighted by Crippen LogP contribution is -2.39. The van der Waals surface area contributed by atoms with Crippen LogP contribution in [0.25, 0.3) is 11.6 Å². The van der Waals surface area contributed by atoms with Crippen LogP contribution >= 0.6 is 15.9 Å². The molecule has 1 fully saturated rings. The normalized spacial score (nSPS) is 21.3. The molecule has 1 aromatic heterocycles. The van der Waals surface area contributed by atoms with Gasteiger partial charge in [0, 0.05) is 22.2 Å².